The van der Waals surface area contributed by atoms with Crippen molar-refractivity contribution in [2.75, 3.05) is 13.6 Å². The lowest BCUT2D eigenvalue weighted by Gasteiger charge is -2.18. The van der Waals surface area contributed by atoms with E-state index in [0.717, 1.165) is 4.88 Å². The molecule has 0 aromatic carbocycles. The molecule has 0 aliphatic heterocycles. The molecule has 0 saturated heterocycles. The molecule has 1 unspecified atom stereocenters. The van der Waals surface area contributed by atoms with Crippen LogP contribution in [0.25, 0.3) is 0 Å². The summed E-state index contributed by atoms with van der Waals surface area (Å²) < 4.78 is 0. The monoisotopic (exact) mass is 242 g/mol. The number of hydrogen-bond donors (Lipinski definition) is 2. The van der Waals surface area contributed by atoms with Gasteiger partial charge in [0.2, 0.25) is 0 Å². The number of thiophene rings is 1. The van der Waals surface area contributed by atoms with E-state index in [2.05, 4.69) is 5.32 Å². The molecule has 1 rings (SSSR count). The summed E-state index contributed by atoms with van der Waals surface area (Å²) in [6.07, 6.45) is 0.232. The van der Waals surface area contributed by atoms with Crippen LogP contribution in [0.15, 0.2) is 17.5 Å². The number of nitrogens with one attached hydrogen (secondary N) is 1. The Kier molecular flexibility index (Phi) is 5.28. The second-order valence-corrected chi connectivity index (χ2v) is 4.83. The number of carbonyl (C=O) groups excluding carboxylic acids is 1. The molecule has 1 atom stereocenters. The lowest BCUT2D eigenvalue weighted by molar-refractivity contribution is 0.163. The van der Waals surface area contributed by atoms with Crippen molar-refractivity contribution in [3.8, 4) is 0 Å². The fourth-order valence-corrected chi connectivity index (χ4v) is 1.84. The van der Waals surface area contributed by atoms with Gasteiger partial charge in [-0.2, -0.15) is 0 Å². The second-order valence-electron chi connectivity index (χ2n) is 3.80. The van der Waals surface area contributed by atoms with E-state index in [0.29, 0.717) is 19.5 Å². The Morgan fingerprint density at radius 2 is 2.44 bits per heavy atom. The third kappa shape index (κ3) is 4.63. The third-order valence-electron chi connectivity index (χ3n) is 2.22. The molecule has 1 aromatic heterocycles. The van der Waals surface area contributed by atoms with Gasteiger partial charge in [-0.3, -0.25) is 0 Å². The minimum atomic E-state index is -0.368. The Morgan fingerprint density at radius 3 is 3.00 bits per heavy atom. The first-order valence-corrected chi connectivity index (χ1v) is 6.17. The topological polar surface area (TPSA) is 52.6 Å². The number of amides is 2. The predicted octanol–water partition coefficient (Wildman–Crippen LogP) is 1.66. The van der Waals surface area contributed by atoms with Crippen LogP contribution in [0.5, 0.6) is 0 Å². The van der Waals surface area contributed by atoms with Crippen LogP contribution in [-0.4, -0.2) is 35.7 Å². The zero-order valence-electron chi connectivity index (χ0n) is 9.64. The molecule has 0 fully saturated rings. The predicted molar refractivity (Wildman–Crippen MR) is 65.5 cm³/mol. The van der Waals surface area contributed by atoms with Crippen LogP contribution in [0, 0.1) is 0 Å². The molecule has 5 heteroatoms. The van der Waals surface area contributed by atoms with E-state index >= 15 is 0 Å². The smallest absolute Gasteiger partial charge is 0.317 e. The van der Waals surface area contributed by atoms with Crippen LogP contribution < -0.4 is 5.32 Å². The van der Waals surface area contributed by atoms with E-state index < -0.39 is 0 Å². The van der Waals surface area contributed by atoms with Crippen LogP contribution in [0.2, 0.25) is 0 Å². The molecule has 0 aliphatic rings. The molecule has 0 bridgehead atoms. The van der Waals surface area contributed by atoms with E-state index in [1.807, 2.05) is 17.5 Å². The Labute approximate surface area is 99.9 Å². The summed E-state index contributed by atoms with van der Waals surface area (Å²) in [5.74, 6) is 0. The quantitative estimate of drug-likeness (QED) is 0.825. The highest BCUT2D eigenvalue weighted by molar-refractivity contribution is 7.09. The van der Waals surface area contributed by atoms with Crippen molar-refractivity contribution in [3.05, 3.63) is 22.4 Å². The van der Waals surface area contributed by atoms with Crippen LogP contribution in [0.3, 0.4) is 0 Å². The van der Waals surface area contributed by atoms with E-state index in [-0.39, 0.29) is 12.1 Å². The average molecular weight is 242 g/mol. The molecule has 0 saturated carbocycles. The van der Waals surface area contributed by atoms with Gasteiger partial charge in [-0.15, -0.1) is 11.3 Å². The SMILES string of the molecule is CC(O)CCN(C)C(=O)NCc1cccs1. The van der Waals surface area contributed by atoms with Gasteiger partial charge in [0.15, 0.2) is 0 Å². The van der Waals surface area contributed by atoms with Gasteiger partial charge in [0.25, 0.3) is 0 Å². The average Bonchev–Trinajstić information content (AvgIpc) is 2.75. The van der Waals surface area contributed by atoms with Crippen LogP contribution in [0.1, 0.15) is 18.2 Å². The first-order valence-electron chi connectivity index (χ1n) is 5.29. The van der Waals surface area contributed by atoms with Gasteiger partial charge in [0.05, 0.1) is 12.6 Å². The molecule has 0 radical (unpaired) electrons. The maximum Gasteiger partial charge on any atom is 0.317 e. The number of nitrogens with zero attached hydrogens (tertiary/aromatic N) is 1. The van der Waals surface area contributed by atoms with Gasteiger partial charge in [0.1, 0.15) is 0 Å². The lowest BCUT2D eigenvalue weighted by atomic mass is 10.3. The summed E-state index contributed by atoms with van der Waals surface area (Å²) in [4.78, 5) is 14.3. The van der Waals surface area contributed by atoms with Crippen molar-refractivity contribution in [3.63, 3.8) is 0 Å². The normalized spacial score (nSPS) is 12.2. The van der Waals surface area contributed by atoms with Crippen molar-refractivity contribution < 1.29 is 9.90 Å². The highest BCUT2D eigenvalue weighted by Crippen LogP contribution is 2.07. The van der Waals surface area contributed by atoms with Crippen LogP contribution in [0.4, 0.5) is 4.79 Å². The molecule has 90 valence electrons. The summed E-state index contributed by atoms with van der Waals surface area (Å²) in [5.41, 5.74) is 0. The number of carbonyl (C=O) groups is 1. The first kappa shape index (κ1) is 13.0. The van der Waals surface area contributed by atoms with Crippen LogP contribution >= 0.6 is 11.3 Å². The number of aliphatic hydroxyl groups excluding tert-OH is 1. The fourth-order valence-electron chi connectivity index (χ4n) is 1.19. The second kappa shape index (κ2) is 6.50. The number of hydrogen-bond acceptors (Lipinski definition) is 3. The van der Waals surface area contributed by atoms with E-state index in [9.17, 15) is 4.79 Å². The molecule has 16 heavy (non-hydrogen) atoms. The third-order valence-corrected chi connectivity index (χ3v) is 3.10. The highest BCUT2D eigenvalue weighted by atomic mass is 32.1. The fraction of sp³-hybridized carbons (Fsp3) is 0.545. The molecular formula is C11H18N2O2S. The Morgan fingerprint density at radius 1 is 1.69 bits per heavy atom. The van der Waals surface area contributed by atoms with Gasteiger partial charge in [-0.05, 0) is 24.8 Å². The van der Waals surface area contributed by atoms with Gasteiger partial charge in [-0.25, -0.2) is 4.79 Å². The molecular weight excluding hydrogens is 224 g/mol. The maximum atomic E-state index is 11.6. The first-order chi connectivity index (χ1) is 7.59. The Hall–Kier alpha value is -1.07. The van der Waals surface area contributed by atoms with Crippen molar-refractivity contribution >= 4 is 17.4 Å². The molecule has 0 spiro atoms. The van der Waals surface area contributed by atoms with Crippen molar-refractivity contribution in [1.82, 2.24) is 10.2 Å². The number of urea groups is 1. The van der Waals surface area contributed by atoms with Gasteiger partial charge in [0, 0.05) is 18.5 Å². The summed E-state index contributed by atoms with van der Waals surface area (Å²) in [6, 6.07) is 3.85. The summed E-state index contributed by atoms with van der Waals surface area (Å²) >= 11 is 1.62. The zero-order valence-corrected chi connectivity index (χ0v) is 10.5. The lowest BCUT2D eigenvalue weighted by Crippen LogP contribution is -2.38. The molecule has 0 aliphatic carbocycles. The van der Waals surface area contributed by atoms with Crippen molar-refractivity contribution in [1.29, 1.82) is 0 Å². The summed E-state index contributed by atoms with van der Waals surface area (Å²) in [6.45, 7) is 2.85. The van der Waals surface area contributed by atoms with E-state index in [1.54, 1.807) is 30.2 Å². The standard InChI is InChI=1S/C11H18N2O2S/c1-9(14)5-6-13(2)11(15)12-8-10-4-3-7-16-10/h3-4,7,9,14H,5-6,8H2,1-2H3,(H,12,15). The van der Waals surface area contributed by atoms with Crippen molar-refractivity contribution in [2.45, 2.75) is 26.0 Å². The molecule has 2 amide bonds. The van der Waals surface area contributed by atoms with Crippen LogP contribution in [-0.2, 0) is 6.54 Å². The van der Waals surface area contributed by atoms with Crippen molar-refractivity contribution in [2.24, 2.45) is 0 Å². The van der Waals surface area contributed by atoms with E-state index in [1.165, 1.54) is 0 Å². The highest BCUT2D eigenvalue weighted by Gasteiger charge is 2.08. The summed E-state index contributed by atoms with van der Waals surface area (Å²) in [5, 5.41) is 13.9. The minimum absolute atomic E-state index is 0.103. The number of aliphatic hydroxyl groups is 1. The van der Waals surface area contributed by atoms with E-state index in [4.69, 9.17) is 5.11 Å². The van der Waals surface area contributed by atoms with Gasteiger partial charge < -0.3 is 15.3 Å². The van der Waals surface area contributed by atoms with Gasteiger partial charge >= 0.3 is 6.03 Å². The molecule has 2 N–H and O–H groups in total. The summed E-state index contributed by atoms with van der Waals surface area (Å²) in [7, 11) is 1.73. The zero-order chi connectivity index (χ0) is 12.0. The Balaban J connectivity index is 2.23. The minimum Gasteiger partial charge on any atom is -0.393 e. The Bertz CT molecular complexity index is 312. The largest absolute Gasteiger partial charge is 0.393 e. The number of rotatable bonds is 5. The molecule has 1 aromatic rings. The molecule has 1 heterocycles. The maximum absolute atomic E-state index is 11.6. The molecule has 4 nitrogen and oxygen atoms in total. The van der Waals surface area contributed by atoms with Gasteiger partial charge in [-0.1, -0.05) is 6.07 Å².